The van der Waals surface area contributed by atoms with Gasteiger partial charge in [-0.25, -0.2) is 4.39 Å². The molecule has 0 bridgehead atoms. The van der Waals surface area contributed by atoms with Crippen LogP contribution in [0.1, 0.15) is 17.3 Å². The van der Waals surface area contributed by atoms with E-state index in [-0.39, 0.29) is 11.9 Å². The maximum Gasteiger partial charge on any atom is 0.127 e. The van der Waals surface area contributed by atoms with Crippen LogP contribution in [0.4, 0.5) is 4.39 Å². The zero-order valence-electron chi connectivity index (χ0n) is 8.73. The van der Waals surface area contributed by atoms with Crippen LogP contribution in [0.3, 0.4) is 0 Å². The molecular formula is C10H10BrFN4S. The molecule has 1 unspecified atom stereocenters. The molecule has 0 amide bonds. The molecule has 7 heteroatoms. The first-order valence-electron chi connectivity index (χ1n) is 4.87. The summed E-state index contributed by atoms with van der Waals surface area (Å²) in [4.78, 5) is 0. The van der Waals surface area contributed by atoms with E-state index in [9.17, 15) is 4.39 Å². The van der Waals surface area contributed by atoms with Crippen LogP contribution in [-0.4, -0.2) is 9.59 Å². The van der Waals surface area contributed by atoms with Crippen molar-refractivity contribution < 1.29 is 4.39 Å². The minimum atomic E-state index is -0.261. The van der Waals surface area contributed by atoms with Gasteiger partial charge in [0.05, 0.1) is 11.7 Å². The van der Waals surface area contributed by atoms with E-state index in [1.54, 1.807) is 17.5 Å². The lowest BCUT2D eigenvalue weighted by molar-refractivity contribution is 0.518. The van der Waals surface area contributed by atoms with Crippen LogP contribution in [0.2, 0.25) is 0 Å². The normalized spacial score (nSPS) is 12.6. The lowest BCUT2D eigenvalue weighted by atomic mass is 10.0. The summed E-state index contributed by atoms with van der Waals surface area (Å²) < 4.78 is 18.1. The fraction of sp³-hybridized carbons (Fsp3) is 0.200. The monoisotopic (exact) mass is 316 g/mol. The van der Waals surface area contributed by atoms with Gasteiger partial charge in [-0.15, -0.1) is 5.10 Å². The standard InChI is InChI=1S/C10H10BrFN4S/c11-7-2-1-6(8(12)4-7)3-9(14-13)10-5-17-16-15-10/h1-2,4-5,9,14H,3,13H2. The molecule has 0 fully saturated rings. The van der Waals surface area contributed by atoms with Crippen molar-refractivity contribution in [1.29, 1.82) is 0 Å². The van der Waals surface area contributed by atoms with Crippen LogP contribution in [0.15, 0.2) is 28.1 Å². The Balaban J connectivity index is 2.19. The van der Waals surface area contributed by atoms with Crippen molar-refractivity contribution in [3.63, 3.8) is 0 Å². The Labute approximate surface area is 110 Å². The van der Waals surface area contributed by atoms with Gasteiger partial charge in [-0.05, 0) is 35.6 Å². The fourth-order valence-electron chi connectivity index (χ4n) is 1.48. The van der Waals surface area contributed by atoms with E-state index >= 15 is 0 Å². The Kier molecular flexibility index (Phi) is 4.16. The summed E-state index contributed by atoms with van der Waals surface area (Å²) in [6.07, 6.45) is 0.432. The smallest absolute Gasteiger partial charge is 0.127 e. The number of hydrazine groups is 1. The van der Waals surface area contributed by atoms with Gasteiger partial charge in [-0.3, -0.25) is 11.3 Å². The zero-order chi connectivity index (χ0) is 12.3. The van der Waals surface area contributed by atoms with E-state index in [0.717, 1.165) is 5.69 Å². The second-order valence-electron chi connectivity index (χ2n) is 3.49. The average molecular weight is 317 g/mol. The third kappa shape index (κ3) is 3.06. The Bertz CT molecular complexity index is 491. The van der Waals surface area contributed by atoms with Crippen molar-refractivity contribution in [2.45, 2.75) is 12.5 Å². The van der Waals surface area contributed by atoms with E-state index in [0.29, 0.717) is 16.5 Å². The van der Waals surface area contributed by atoms with Crippen LogP contribution in [0, 0.1) is 5.82 Å². The van der Waals surface area contributed by atoms with Crippen LogP contribution in [0.25, 0.3) is 0 Å². The van der Waals surface area contributed by atoms with Crippen molar-refractivity contribution in [3.8, 4) is 0 Å². The molecule has 0 spiro atoms. The number of nitrogens with zero attached hydrogens (tertiary/aromatic N) is 2. The molecule has 1 atom stereocenters. The van der Waals surface area contributed by atoms with Gasteiger partial charge in [0.2, 0.25) is 0 Å². The summed E-state index contributed by atoms with van der Waals surface area (Å²) in [5.41, 5.74) is 3.93. The maximum atomic E-state index is 13.7. The van der Waals surface area contributed by atoms with Crippen LogP contribution in [-0.2, 0) is 6.42 Å². The highest BCUT2D eigenvalue weighted by atomic mass is 79.9. The molecule has 17 heavy (non-hydrogen) atoms. The Morgan fingerprint density at radius 2 is 2.35 bits per heavy atom. The first-order valence-corrected chi connectivity index (χ1v) is 6.50. The number of hydrogen-bond donors (Lipinski definition) is 2. The van der Waals surface area contributed by atoms with Crippen molar-refractivity contribution >= 4 is 27.5 Å². The molecule has 3 N–H and O–H groups in total. The number of rotatable bonds is 4. The van der Waals surface area contributed by atoms with Crippen molar-refractivity contribution in [2.75, 3.05) is 0 Å². The van der Waals surface area contributed by atoms with Gasteiger partial charge < -0.3 is 0 Å². The molecule has 0 aliphatic heterocycles. The molecule has 0 aliphatic rings. The molecule has 1 heterocycles. The second kappa shape index (κ2) is 5.63. The van der Waals surface area contributed by atoms with Gasteiger partial charge in [-0.1, -0.05) is 26.5 Å². The molecule has 4 nitrogen and oxygen atoms in total. The minimum Gasteiger partial charge on any atom is -0.271 e. The Morgan fingerprint density at radius 3 is 2.94 bits per heavy atom. The molecule has 90 valence electrons. The predicted molar refractivity (Wildman–Crippen MR) is 67.8 cm³/mol. The highest BCUT2D eigenvalue weighted by Crippen LogP contribution is 2.21. The van der Waals surface area contributed by atoms with E-state index in [1.165, 1.54) is 17.6 Å². The highest BCUT2D eigenvalue weighted by molar-refractivity contribution is 9.10. The van der Waals surface area contributed by atoms with Crippen molar-refractivity contribution in [2.24, 2.45) is 5.84 Å². The molecule has 0 radical (unpaired) electrons. The first-order chi connectivity index (χ1) is 8.20. The Hall–Kier alpha value is -0.890. The topological polar surface area (TPSA) is 63.8 Å². The fourth-order valence-corrected chi connectivity index (χ4v) is 2.32. The van der Waals surface area contributed by atoms with E-state index in [2.05, 4.69) is 30.9 Å². The molecule has 0 saturated heterocycles. The second-order valence-corrected chi connectivity index (χ2v) is 5.01. The summed E-state index contributed by atoms with van der Waals surface area (Å²) in [7, 11) is 0. The number of aromatic nitrogens is 2. The van der Waals surface area contributed by atoms with Crippen molar-refractivity contribution in [3.05, 3.63) is 45.1 Å². The van der Waals surface area contributed by atoms with Crippen LogP contribution < -0.4 is 11.3 Å². The van der Waals surface area contributed by atoms with Gasteiger partial charge in [0, 0.05) is 9.85 Å². The summed E-state index contributed by atoms with van der Waals surface area (Å²) in [5, 5.41) is 5.72. The zero-order valence-corrected chi connectivity index (χ0v) is 11.1. The number of nitrogens with one attached hydrogen (secondary N) is 1. The number of nitrogens with two attached hydrogens (primary N) is 1. The lowest BCUT2D eigenvalue weighted by Crippen LogP contribution is -2.30. The molecule has 1 aromatic carbocycles. The molecule has 2 rings (SSSR count). The summed E-state index contributed by atoms with van der Waals surface area (Å²) in [6.45, 7) is 0. The van der Waals surface area contributed by atoms with Gasteiger partial charge in [0.1, 0.15) is 5.82 Å². The quantitative estimate of drug-likeness (QED) is 0.670. The lowest BCUT2D eigenvalue weighted by Gasteiger charge is -2.13. The maximum absolute atomic E-state index is 13.7. The highest BCUT2D eigenvalue weighted by Gasteiger charge is 2.15. The molecule has 1 aromatic heterocycles. The van der Waals surface area contributed by atoms with Crippen LogP contribution in [0.5, 0.6) is 0 Å². The third-order valence-electron chi connectivity index (χ3n) is 2.37. The van der Waals surface area contributed by atoms with Crippen molar-refractivity contribution in [1.82, 2.24) is 15.0 Å². The number of halogens is 2. The molecular weight excluding hydrogens is 307 g/mol. The molecule has 0 saturated carbocycles. The van der Waals surface area contributed by atoms with E-state index < -0.39 is 0 Å². The van der Waals surface area contributed by atoms with Crippen LogP contribution >= 0.6 is 27.5 Å². The SMILES string of the molecule is NNC(Cc1ccc(Br)cc1F)c1csnn1. The minimum absolute atomic E-state index is 0.232. The number of benzene rings is 1. The molecule has 2 aromatic rings. The predicted octanol–water partition coefficient (Wildman–Crippen LogP) is 2.19. The largest absolute Gasteiger partial charge is 0.271 e. The third-order valence-corrected chi connectivity index (χ3v) is 3.39. The van der Waals surface area contributed by atoms with Gasteiger partial charge in [-0.2, -0.15) is 0 Å². The van der Waals surface area contributed by atoms with E-state index in [1.807, 2.05) is 0 Å². The Morgan fingerprint density at radius 1 is 1.53 bits per heavy atom. The van der Waals surface area contributed by atoms with Gasteiger partial charge in [0.25, 0.3) is 0 Å². The summed E-state index contributed by atoms with van der Waals surface area (Å²) >= 11 is 4.46. The van der Waals surface area contributed by atoms with Gasteiger partial charge >= 0.3 is 0 Å². The van der Waals surface area contributed by atoms with E-state index in [4.69, 9.17) is 5.84 Å². The number of hydrogen-bond acceptors (Lipinski definition) is 5. The summed E-state index contributed by atoms with van der Waals surface area (Å²) in [5.74, 6) is 5.19. The summed E-state index contributed by atoms with van der Waals surface area (Å²) in [6, 6.07) is 4.72. The van der Waals surface area contributed by atoms with Gasteiger partial charge in [0.15, 0.2) is 0 Å². The first kappa shape index (κ1) is 12.6. The molecule has 0 aliphatic carbocycles. The average Bonchev–Trinajstić information content (AvgIpc) is 2.81.